The number of nitrogens with zero attached hydrogens (tertiary/aromatic N) is 1. The summed E-state index contributed by atoms with van der Waals surface area (Å²) in [7, 11) is 4.32. The lowest BCUT2D eigenvalue weighted by Crippen LogP contribution is -2.38. The lowest BCUT2D eigenvalue weighted by Gasteiger charge is -2.22. The fraction of sp³-hybridized carbons (Fsp3) is 1.00. The van der Waals surface area contributed by atoms with Gasteiger partial charge in [0.15, 0.2) is 0 Å². The van der Waals surface area contributed by atoms with Gasteiger partial charge in [-0.2, -0.15) is 0 Å². The molecule has 0 aliphatic carbocycles. The highest BCUT2D eigenvalue weighted by Gasteiger charge is 2.07. The molecule has 0 fully saturated rings. The predicted octanol–water partition coefficient (Wildman–Crippen LogP) is 2.89. The third-order valence-electron chi connectivity index (χ3n) is 2.67. The van der Waals surface area contributed by atoms with Crippen LogP contribution in [0.3, 0.4) is 0 Å². The molecule has 0 saturated heterocycles. The van der Waals surface area contributed by atoms with Gasteiger partial charge in [-0.1, -0.05) is 39.5 Å². The maximum atomic E-state index is 3.64. The van der Waals surface area contributed by atoms with E-state index in [2.05, 4.69) is 38.2 Å². The van der Waals surface area contributed by atoms with Gasteiger partial charge in [0.25, 0.3) is 0 Å². The van der Waals surface area contributed by atoms with E-state index in [0.717, 1.165) is 6.54 Å². The maximum absolute atomic E-state index is 3.64. The molecule has 0 spiro atoms. The van der Waals surface area contributed by atoms with Crippen LogP contribution in [0.25, 0.3) is 0 Å². The Morgan fingerprint density at radius 1 is 1.00 bits per heavy atom. The van der Waals surface area contributed by atoms with E-state index in [9.17, 15) is 0 Å². The Balaban J connectivity index is 3.59. The van der Waals surface area contributed by atoms with Crippen LogP contribution in [-0.2, 0) is 0 Å². The first-order valence-corrected chi connectivity index (χ1v) is 6.58. The average Bonchev–Trinajstić information content (AvgIpc) is 2.19. The molecule has 2 heteroatoms. The predicted molar refractivity (Wildman–Crippen MR) is 69.4 cm³/mol. The molecule has 2 nitrogen and oxygen atoms in total. The summed E-state index contributed by atoms with van der Waals surface area (Å²) in [6.45, 7) is 6.84. The Bertz CT molecular complexity index is 124. The molecule has 92 valence electrons. The second kappa shape index (κ2) is 10.4. The van der Waals surface area contributed by atoms with E-state index >= 15 is 0 Å². The normalized spacial score (nSPS) is 13.4. The zero-order valence-corrected chi connectivity index (χ0v) is 11.2. The lowest BCUT2D eigenvalue weighted by molar-refractivity contribution is 0.320. The lowest BCUT2D eigenvalue weighted by atomic mass is 10.1. The molecular formula is C13H30N2. The van der Waals surface area contributed by atoms with Gasteiger partial charge < -0.3 is 10.2 Å². The summed E-state index contributed by atoms with van der Waals surface area (Å²) in [5, 5.41) is 3.64. The number of hydrogen-bond donors (Lipinski definition) is 1. The highest BCUT2D eigenvalue weighted by Crippen LogP contribution is 2.06. The van der Waals surface area contributed by atoms with E-state index in [1.54, 1.807) is 0 Å². The summed E-state index contributed by atoms with van der Waals surface area (Å²) in [6, 6.07) is 0.691. The van der Waals surface area contributed by atoms with Crippen molar-refractivity contribution in [3.8, 4) is 0 Å². The number of hydrogen-bond acceptors (Lipinski definition) is 2. The third-order valence-corrected chi connectivity index (χ3v) is 2.67. The van der Waals surface area contributed by atoms with Gasteiger partial charge in [0, 0.05) is 12.6 Å². The van der Waals surface area contributed by atoms with E-state index in [-0.39, 0.29) is 0 Å². The Labute approximate surface area is 96.4 Å². The fourth-order valence-corrected chi connectivity index (χ4v) is 1.86. The molecule has 0 heterocycles. The minimum Gasteiger partial charge on any atom is -0.313 e. The molecule has 0 aromatic heterocycles. The Morgan fingerprint density at radius 3 is 2.27 bits per heavy atom. The topological polar surface area (TPSA) is 15.3 Å². The molecule has 0 aromatic carbocycles. The Hall–Kier alpha value is -0.0800. The van der Waals surface area contributed by atoms with Crippen molar-refractivity contribution in [3.05, 3.63) is 0 Å². The molecule has 0 amide bonds. The monoisotopic (exact) mass is 214 g/mol. The SMILES string of the molecule is CCCCCCC(CN(C)C)NCCC. The summed E-state index contributed by atoms with van der Waals surface area (Å²) in [5.74, 6) is 0. The average molecular weight is 214 g/mol. The molecule has 1 atom stereocenters. The minimum absolute atomic E-state index is 0.691. The zero-order valence-electron chi connectivity index (χ0n) is 11.2. The van der Waals surface area contributed by atoms with Crippen molar-refractivity contribution in [2.45, 2.75) is 58.4 Å². The summed E-state index contributed by atoms with van der Waals surface area (Å²) < 4.78 is 0. The molecular weight excluding hydrogens is 184 g/mol. The van der Waals surface area contributed by atoms with Crippen LogP contribution < -0.4 is 5.32 Å². The summed E-state index contributed by atoms with van der Waals surface area (Å²) in [4.78, 5) is 2.28. The van der Waals surface area contributed by atoms with Gasteiger partial charge >= 0.3 is 0 Å². The highest BCUT2D eigenvalue weighted by atomic mass is 15.1. The van der Waals surface area contributed by atoms with Gasteiger partial charge in [-0.25, -0.2) is 0 Å². The molecule has 0 aromatic rings. The smallest absolute Gasteiger partial charge is 0.0194 e. The largest absolute Gasteiger partial charge is 0.313 e. The van der Waals surface area contributed by atoms with Crippen LogP contribution in [0.4, 0.5) is 0 Å². The first-order valence-electron chi connectivity index (χ1n) is 6.58. The van der Waals surface area contributed by atoms with Crippen LogP contribution >= 0.6 is 0 Å². The van der Waals surface area contributed by atoms with Crippen molar-refractivity contribution < 1.29 is 0 Å². The zero-order chi connectivity index (χ0) is 11.5. The van der Waals surface area contributed by atoms with Crippen LogP contribution in [0.2, 0.25) is 0 Å². The molecule has 0 aliphatic heterocycles. The summed E-state index contributed by atoms with van der Waals surface area (Å²) in [5.41, 5.74) is 0. The standard InChI is InChI=1S/C13H30N2/c1-5-7-8-9-10-13(12-15(3)4)14-11-6-2/h13-14H,5-12H2,1-4H3. The quantitative estimate of drug-likeness (QED) is 0.563. The maximum Gasteiger partial charge on any atom is 0.0194 e. The third kappa shape index (κ3) is 10.2. The molecule has 0 saturated carbocycles. The Morgan fingerprint density at radius 2 is 1.73 bits per heavy atom. The number of likely N-dealkylation sites (N-methyl/N-ethyl adjacent to an activating group) is 1. The fourth-order valence-electron chi connectivity index (χ4n) is 1.86. The van der Waals surface area contributed by atoms with Gasteiger partial charge in [-0.05, 0) is 33.5 Å². The van der Waals surface area contributed by atoms with E-state index in [0.29, 0.717) is 6.04 Å². The van der Waals surface area contributed by atoms with Gasteiger partial charge in [0.1, 0.15) is 0 Å². The van der Waals surface area contributed by atoms with Crippen molar-refractivity contribution in [2.75, 3.05) is 27.2 Å². The van der Waals surface area contributed by atoms with Crippen molar-refractivity contribution >= 4 is 0 Å². The van der Waals surface area contributed by atoms with Crippen molar-refractivity contribution in [3.63, 3.8) is 0 Å². The molecule has 0 aliphatic rings. The van der Waals surface area contributed by atoms with Gasteiger partial charge in [-0.15, -0.1) is 0 Å². The van der Waals surface area contributed by atoms with Crippen molar-refractivity contribution in [1.29, 1.82) is 0 Å². The Kier molecular flexibility index (Phi) is 10.4. The number of unbranched alkanes of at least 4 members (excludes halogenated alkanes) is 3. The van der Waals surface area contributed by atoms with Gasteiger partial charge in [0.2, 0.25) is 0 Å². The van der Waals surface area contributed by atoms with E-state index in [4.69, 9.17) is 0 Å². The van der Waals surface area contributed by atoms with Crippen LogP contribution in [0.5, 0.6) is 0 Å². The highest BCUT2D eigenvalue weighted by molar-refractivity contribution is 4.69. The van der Waals surface area contributed by atoms with E-state index in [1.165, 1.54) is 45.1 Å². The molecule has 0 bridgehead atoms. The number of rotatable bonds is 10. The molecule has 15 heavy (non-hydrogen) atoms. The van der Waals surface area contributed by atoms with Crippen LogP contribution in [0, 0.1) is 0 Å². The van der Waals surface area contributed by atoms with Crippen molar-refractivity contribution in [1.82, 2.24) is 10.2 Å². The summed E-state index contributed by atoms with van der Waals surface area (Å²) >= 11 is 0. The van der Waals surface area contributed by atoms with E-state index < -0.39 is 0 Å². The molecule has 1 N–H and O–H groups in total. The van der Waals surface area contributed by atoms with Crippen molar-refractivity contribution in [2.24, 2.45) is 0 Å². The van der Waals surface area contributed by atoms with Crippen LogP contribution in [0.1, 0.15) is 52.4 Å². The first kappa shape index (κ1) is 14.9. The van der Waals surface area contributed by atoms with Gasteiger partial charge in [0.05, 0.1) is 0 Å². The summed E-state index contributed by atoms with van der Waals surface area (Å²) in [6.07, 6.45) is 8.07. The van der Waals surface area contributed by atoms with Gasteiger partial charge in [-0.3, -0.25) is 0 Å². The molecule has 0 rings (SSSR count). The second-order valence-corrected chi connectivity index (χ2v) is 4.76. The molecule has 1 unspecified atom stereocenters. The minimum atomic E-state index is 0.691. The van der Waals surface area contributed by atoms with Crippen LogP contribution in [0.15, 0.2) is 0 Å². The van der Waals surface area contributed by atoms with Crippen LogP contribution in [-0.4, -0.2) is 38.1 Å². The first-order chi connectivity index (χ1) is 7.20. The second-order valence-electron chi connectivity index (χ2n) is 4.76. The molecule has 0 radical (unpaired) electrons. The number of nitrogens with one attached hydrogen (secondary N) is 1. The van der Waals surface area contributed by atoms with E-state index in [1.807, 2.05) is 0 Å².